The third kappa shape index (κ3) is 5.53. The lowest BCUT2D eigenvalue weighted by molar-refractivity contribution is 0.141. The number of likely N-dealkylation sites (N-methyl/N-ethyl adjacent to an activating group) is 1. The van der Waals surface area contributed by atoms with Crippen molar-refractivity contribution in [2.75, 3.05) is 19.6 Å². The van der Waals surface area contributed by atoms with Crippen molar-refractivity contribution in [3.8, 4) is 0 Å². The maximum absolute atomic E-state index is 3.54. The van der Waals surface area contributed by atoms with Gasteiger partial charge in [-0.2, -0.15) is 0 Å². The largest absolute Gasteiger partial charge is 0.315 e. The van der Waals surface area contributed by atoms with Crippen LogP contribution in [-0.2, 0) is 0 Å². The van der Waals surface area contributed by atoms with E-state index in [2.05, 4.69) is 44.8 Å². The molecule has 0 amide bonds. The Hall–Kier alpha value is -0.0800. The summed E-state index contributed by atoms with van der Waals surface area (Å²) in [5.74, 6) is 0. The molecule has 2 heteroatoms. The molecule has 1 N–H and O–H groups in total. The van der Waals surface area contributed by atoms with Gasteiger partial charge >= 0.3 is 0 Å². The van der Waals surface area contributed by atoms with Gasteiger partial charge in [0.2, 0.25) is 0 Å². The van der Waals surface area contributed by atoms with Crippen LogP contribution in [-0.4, -0.2) is 36.6 Å². The summed E-state index contributed by atoms with van der Waals surface area (Å²) in [7, 11) is 0. The van der Waals surface area contributed by atoms with E-state index < -0.39 is 0 Å². The number of rotatable bonds is 9. The molecule has 0 aliphatic rings. The van der Waals surface area contributed by atoms with Crippen LogP contribution in [0.25, 0.3) is 0 Å². The normalized spacial score (nSPS) is 15.6. The van der Waals surface area contributed by atoms with Crippen LogP contribution in [0.1, 0.15) is 53.9 Å². The zero-order valence-corrected chi connectivity index (χ0v) is 11.3. The summed E-state index contributed by atoms with van der Waals surface area (Å²) in [6.45, 7) is 14.9. The molecule has 15 heavy (non-hydrogen) atoms. The average Bonchev–Trinajstić information content (AvgIpc) is 2.27. The first kappa shape index (κ1) is 14.9. The van der Waals surface area contributed by atoms with Gasteiger partial charge in [0, 0.05) is 18.6 Å². The zero-order valence-electron chi connectivity index (χ0n) is 11.3. The van der Waals surface area contributed by atoms with Gasteiger partial charge in [-0.1, -0.05) is 27.7 Å². The van der Waals surface area contributed by atoms with Crippen molar-refractivity contribution in [3.05, 3.63) is 0 Å². The third-order valence-electron chi connectivity index (χ3n) is 3.27. The molecule has 0 fully saturated rings. The molecule has 0 spiro atoms. The first-order valence-corrected chi connectivity index (χ1v) is 6.67. The van der Waals surface area contributed by atoms with Gasteiger partial charge in [0.15, 0.2) is 0 Å². The molecule has 92 valence electrons. The van der Waals surface area contributed by atoms with Crippen LogP contribution in [0.15, 0.2) is 0 Å². The van der Waals surface area contributed by atoms with Gasteiger partial charge in [0.25, 0.3) is 0 Å². The molecule has 0 aliphatic heterocycles. The first-order valence-electron chi connectivity index (χ1n) is 6.67. The van der Waals surface area contributed by atoms with Crippen LogP contribution in [0.5, 0.6) is 0 Å². The van der Waals surface area contributed by atoms with Crippen molar-refractivity contribution in [2.24, 2.45) is 0 Å². The van der Waals surface area contributed by atoms with Crippen LogP contribution < -0.4 is 5.32 Å². The number of hydrogen-bond donors (Lipinski definition) is 1. The van der Waals surface area contributed by atoms with Crippen molar-refractivity contribution in [1.29, 1.82) is 0 Å². The Bertz CT molecular complexity index is 136. The highest BCUT2D eigenvalue weighted by atomic mass is 15.2. The fourth-order valence-electron chi connectivity index (χ4n) is 2.11. The van der Waals surface area contributed by atoms with Gasteiger partial charge in [0.05, 0.1) is 0 Å². The molecule has 2 nitrogen and oxygen atoms in total. The molecule has 0 radical (unpaired) electrons. The summed E-state index contributed by atoms with van der Waals surface area (Å²) in [5, 5.41) is 3.54. The van der Waals surface area contributed by atoms with Crippen molar-refractivity contribution in [1.82, 2.24) is 10.2 Å². The lowest BCUT2D eigenvalue weighted by Gasteiger charge is -2.35. The predicted molar refractivity (Wildman–Crippen MR) is 69.4 cm³/mol. The molecule has 0 aliphatic carbocycles. The Morgan fingerprint density at radius 1 is 1.07 bits per heavy atom. The molecule has 2 atom stereocenters. The van der Waals surface area contributed by atoms with Crippen molar-refractivity contribution >= 4 is 0 Å². The molecular weight excluding hydrogens is 184 g/mol. The Labute approximate surface area is 96.4 Å². The fraction of sp³-hybridized carbons (Fsp3) is 1.00. The van der Waals surface area contributed by atoms with Crippen LogP contribution in [0.2, 0.25) is 0 Å². The summed E-state index contributed by atoms with van der Waals surface area (Å²) in [5.41, 5.74) is 0. The average molecular weight is 214 g/mol. The van der Waals surface area contributed by atoms with Gasteiger partial charge in [0.1, 0.15) is 0 Å². The highest BCUT2D eigenvalue weighted by Gasteiger charge is 2.18. The van der Waals surface area contributed by atoms with Crippen LogP contribution in [0, 0.1) is 0 Å². The standard InChI is InChI=1S/C13H30N2/c1-6-10-14-11-13(8-3)15(9-4)12(5)7-2/h12-14H,6-11H2,1-5H3. The van der Waals surface area contributed by atoms with E-state index in [4.69, 9.17) is 0 Å². The molecule has 0 heterocycles. The second-order valence-corrected chi connectivity index (χ2v) is 4.35. The number of nitrogens with zero attached hydrogens (tertiary/aromatic N) is 1. The van der Waals surface area contributed by atoms with E-state index in [1.54, 1.807) is 0 Å². The zero-order chi connectivity index (χ0) is 11.7. The molecule has 0 saturated heterocycles. The van der Waals surface area contributed by atoms with E-state index in [1.165, 1.54) is 25.8 Å². The summed E-state index contributed by atoms with van der Waals surface area (Å²) in [4.78, 5) is 2.63. The number of nitrogens with one attached hydrogen (secondary N) is 1. The Morgan fingerprint density at radius 2 is 1.73 bits per heavy atom. The van der Waals surface area contributed by atoms with Gasteiger partial charge in [-0.05, 0) is 39.3 Å². The highest BCUT2D eigenvalue weighted by molar-refractivity contribution is 4.76. The Balaban J connectivity index is 4.08. The number of hydrogen-bond acceptors (Lipinski definition) is 2. The minimum Gasteiger partial charge on any atom is -0.315 e. The topological polar surface area (TPSA) is 15.3 Å². The minimum atomic E-state index is 0.705. The van der Waals surface area contributed by atoms with Crippen molar-refractivity contribution in [3.63, 3.8) is 0 Å². The maximum Gasteiger partial charge on any atom is 0.0220 e. The van der Waals surface area contributed by atoms with E-state index in [1.807, 2.05) is 0 Å². The van der Waals surface area contributed by atoms with Crippen LogP contribution >= 0.6 is 0 Å². The Kier molecular flexibility index (Phi) is 9.12. The van der Waals surface area contributed by atoms with E-state index in [0.29, 0.717) is 12.1 Å². The maximum atomic E-state index is 3.54. The molecule has 0 aromatic heterocycles. The molecule has 0 saturated carbocycles. The van der Waals surface area contributed by atoms with E-state index in [-0.39, 0.29) is 0 Å². The lowest BCUT2D eigenvalue weighted by Crippen LogP contribution is -2.46. The van der Waals surface area contributed by atoms with E-state index >= 15 is 0 Å². The quantitative estimate of drug-likeness (QED) is 0.594. The summed E-state index contributed by atoms with van der Waals surface area (Å²) in [6.07, 6.45) is 3.72. The van der Waals surface area contributed by atoms with E-state index in [0.717, 1.165) is 13.1 Å². The molecule has 2 unspecified atom stereocenters. The lowest BCUT2D eigenvalue weighted by atomic mass is 10.1. The third-order valence-corrected chi connectivity index (χ3v) is 3.27. The van der Waals surface area contributed by atoms with E-state index in [9.17, 15) is 0 Å². The molecule has 0 aromatic carbocycles. The second kappa shape index (κ2) is 9.17. The summed E-state index contributed by atoms with van der Waals surface area (Å²) >= 11 is 0. The monoisotopic (exact) mass is 214 g/mol. The predicted octanol–water partition coefficient (Wildman–Crippen LogP) is 2.89. The van der Waals surface area contributed by atoms with Crippen LogP contribution in [0.4, 0.5) is 0 Å². The second-order valence-electron chi connectivity index (χ2n) is 4.35. The van der Waals surface area contributed by atoms with Gasteiger partial charge in [-0.25, -0.2) is 0 Å². The SMILES string of the molecule is CCCNCC(CC)N(CC)C(C)CC. The fourth-order valence-corrected chi connectivity index (χ4v) is 2.11. The highest BCUT2D eigenvalue weighted by Crippen LogP contribution is 2.10. The Morgan fingerprint density at radius 3 is 2.13 bits per heavy atom. The molecule has 0 bridgehead atoms. The smallest absolute Gasteiger partial charge is 0.0220 e. The summed E-state index contributed by atoms with van der Waals surface area (Å²) < 4.78 is 0. The molecule has 0 aromatic rings. The van der Waals surface area contributed by atoms with Gasteiger partial charge in [-0.3, -0.25) is 4.90 Å². The van der Waals surface area contributed by atoms with Crippen molar-refractivity contribution in [2.45, 2.75) is 66.0 Å². The molecule has 0 rings (SSSR count). The van der Waals surface area contributed by atoms with Crippen LogP contribution in [0.3, 0.4) is 0 Å². The van der Waals surface area contributed by atoms with Gasteiger partial charge < -0.3 is 5.32 Å². The molecular formula is C13H30N2. The minimum absolute atomic E-state index is 0.705. The van der Waals surface area contributed by atoms with Crippen molar-refractivity contribution < 1.29 is 0 Å². The van der Waals surface area contributed by atoms with Gasteiger partial charge in [-0.15, -0.1) is 0 Å². The summed E-state index contributed by atoms with van der Waals surface area (Å²) in [6, 6.07) is 1.42. The first-order chi connectivity index (χ1) is 7.21.